The van der Waals surface area contributed by atoms with Gasteiger partial charge in [0.05, 0.1) is 0 Å². The molecule has 0 N–H and O–H groups in total. The van der Waals surface area contributed by atoms with Crippen LogP contribution < -0.4 is 0 Å². The monoisotopic (exact) mass is 849 g/mol. The fourth-order valence-electron chi connectivity index (χ4n) is 14.6. The van der Waals surface area contributed by atoms with Crippen LogP contribution in [0.15, 0.2) is 168 Å². The predicted octanol–water partition coefficient (Wildman–Crippen LogP) is 15.6. The number of fused-ring (bicyclic) bond motifs is 11. The zero-order chi connectivity index (χ0) is 43.5. The van der Waals surface area contributed by atoms with Gasteiger partial charge in [-0.05, 0) is 153 Å². The Kier molecular flexibility index (Phi) is 7.43. The maximum Gasteiger partial charge on any atom is 0.164 e. The highest BCUT2D eigenvalue weighted by atomic mass is 16.3. The first-order valence-corrected chi connectivity index (χ1v) is 24.1. The Hall–Kier alpha value is -7.17. The molecule has 2 heterocycles. The quantitative estimate of drug-likeness (QED) is 0.177. The molecular weight excluding hydrogens is 803 g/mol. The minimum Gasteiger partial charge on any atom is -0.456 e. The van der Waals surface area contributed by atoms with Crippen LogP contribution >= 0.6 is 0 Å². The molecule has 0 radical (unpaired) electrons. The van der Waals surface area contributed by atoms with E-state index < -0.39 is 0 Å². The lowest BCUT2D eigenvalue weighted by Gasteiger charge is -2.61. The summed E-state index contributed by atoms with van der Waals surface area (Å²) in [5.41, 5.74) is 17.9. The highest BCUT2D eigenvalue weighted by Crippen LogP contribution is 2.70. The molecule has 16 rings (SSSR count). The first-order chi connectivity index (χ1) is 32.4. The molecule has 8 aromatic carbocycles. The van der Waals surface area contributed by atoms with Crippen LogP contribution in [0.4, 0.5) is 0 Å². The van der Waals surface area contributed by atoms with E-state index in [4.69, 9.17) is 19.4 Å². The second kappa shape index (κ2) is 13.2. The average molecular weight is 850 g/mol. The number of rotatable bonds is 4. The van der Waals surface area contributed by atoms with Gasteiger partial charge in [-0.15, -0.1) is 0 Å². The van der Waals surface area contributed by atoms with Gasteiger partial charge in [0.15, 0.2) is 17.5 Å². The van der Waals surface area contributed by atoms with Gasteiger partial charge in [0.2, 0.25) is 0 Å². The molecule has 6 aliphatic carbocycles. The summed E-state index contributed by atoms with van der Waals surface area (Å²) in [6.07, 6.45) is 6.69. The lowest BCUT2D eigenvalue weighted by atomic mass is 9.43. The summed E-state index contributed by atoms with van der Waals surface area (Å²) in [5.74, 6) is 4.99. The number of benzene rings is 8. The standard InChI is InChI=1S/C62H47N3O/c1-61(2)50-20-10-8-17-43(50)47-32-39(23-25-51(47)61)59-63-58(38-14-4-3-5-15-38)64-60(65-59)49-34-53-48(44-18-9-11-21-52(44)62(53)40-28-35-27-36(30-40)31-41(62)29-35)33-46(49)45-19-12-22-54-57(45)56-42-16-7-6-13-37(42)24-26-55(56)66-54/h3-26,32-36,40-41H,27-31H2,1-2H3. The van der Waals surface area contributed by atoms with Crippen LogP contribution in [0.25, 0.3) is 100 Å². The average Bonchev–Trinajstić information content (AvgIpc) is 3.96. The van der Waals surface area contributed by atoms with Crippen molar-refractivity contribution in [2.75, 3.05) is 0 Å². The molecule has 1 spiro atoms. The SMILES string of the molecule is CC1(C)c2ccccc2-c2cc(-c3nc(-c4ccccc4)nc(-c4cc5c(cc4-c4cccc6oc7ccc8ccccc8c7c46)-c4ccccc4C54C5CC6CC(C5)CC4C6)n3)ccc21. The minimum absolute atomic E-state index is 0.0323. The summed E-state index contributed by atoms with van der Waals surface area (Å²) < 4.78 is 6.76. The van der Waals surface area contributed by atoms with Crippen molar-refractivity contribution in [1.29, 1.82) is 0 Å². The van der Waals surface area contributed by atoms with E-state index in [0.29, 0.717) is 29.3 Å². The summed E-state index contributed by atoms with van der Waals surface area (Å²) in [7, 11) is 0. The fraction of sp³-hybridized carbons (Fsp3) is 0.210. The molecule has 6 aliphatic rings. The summed E-state index contributed by atoms with van der Waals surface area (Å²) in [6, 6.07) is 60.3. The van der Waals surface area contributed by atoms with Crippen LogP contribution in [0.1, 0.15) is 68.2 Å². The largest absolute Gasteiger partial charge is 0.456 e. The van der Waals surface area contributed by atoms with Gasteiger partial charge >= 0.3 is 0 Å². The van der Waals surface area contributed by atoms with Gasteiger partial charge in [-0.2, -0.15) is 0 Å². The Morgan fingerprint density at radius 2 is 1.03 bits per heavy atom. The van der Waals surface area contributed by atoms with Crippen LogP contribution in [0.5, 0.6) is 0 Å². The number of furan rings is 1. The summed E-state index contributed by atoms with van der Waals surface area (Å²) >= 11 is 0. The van der Waals surface area contributed by atoms with E-state index in [0.717, 1.165) is 61.6 Å². The van der Waals surface area contributed by atoms with Gasteiger partial charge in [-0.3, -0.25) is 0 Å². The molecule has 4 saturated carbocycles. The fourth-order valence-corrected chi connectivity index (χ4v) is 14.6. The molecule has 4 fully saturated rings. The van der Waals surface area contributed by atoms with Crippen molar-refractivity contribution in [1.82, 2.24) is 15.0 Å². The highest BCUT2D eigenvalue weighted by Gasteiger charge is 2.61. The van der Waals surface area contributed by atoms with E-state index in [1.165, 1.54) is 87.4 Å². The van der Waals surface area contributed by atoms with Gasteiger partial charge in [0.25, 0.3) is 0 Å². The van der Waals surface area contributed by atoms with Gasteiger partial charge in [-0.25, -0.2) is 15.0 Å². The molecule has 316 valence electrons. The maximum atomic E-state index is 6.76. The zero-order valence-corrected chi connectivity index (χ0v) is 37.2. The number of hydrogen-bond donors (Lipinski definition) is 0. The molecule has 66 heavy (non-hydrogen) atoms. The minimum atomic E-state index is -0.0989. The normalized spacial score (nSPS) is 22.6. The Morgan fingerprint density at radius 3 is 1.83 bits per heavy atom. The van der Waals surface area contributed by atoms with Crippen LogP contribution in [0.3, 0.4) is 0 Å². The molecular formula is C62H47N3O. The van der Waals surface area contributed by atoms with Crippen LogP contribution in [0, 0.1) is 23.7 Å². The summed E-state index contributed by atoms with van der Waals surface area (Å²) in [6.45, 7) is 4.67. The van der Waals surface area contributed by atoms with E-state index in [9.17, 15) is 0 Å². The van der Waals surface area contributed by atoms with Gasteiger partial charge < -0.3 is 4.42 Å². The van der Waals surface area contributed by atoms with Gasteiger partial charge in [-0.1, -0.05) is 147 Å². The van der Waals surface area contributed by atoms with Gasteiger partial charge in [0.1, 0.15) is 11.2 Å². The molecule has 10 aromatic rings. The maximum absolute atomic E-state index is 6.76. The Morgan fingerprint density at radius 1 is 0.409 bits per heavy atom. The molecule has 4 nitrogen and oxygen atoms in total. The van der Waals surface area contributed by atoms with E-state index in [2.05, 4.69) is 178 Å². The van der Waals surface area contributed by atoms with Crippen LogP contribution in [-0.2, 0) is 10.8 Å². The van der Waals surface area contributed by atoms with E-state index >= 15 is 0 Å². The molecule has 0 unspecified atom stereocenters. The molecule has 0 amide bonds. The van der Waals surface area contributed by atoms with Crippen molar-refractivity contribution >= 4 is 32.7 Å². The Balaban J connectivity index is 1.04. The molecule has 4 bridgehead atoms. The molecule has 2 aromatic heterocycles. The zero-order valence-electron chi connectivity index (χ0n) is 37.2. The third kappa shape index (κ3) is 4.92. The topological polar surface area (TPSA) is 51.8 Å². The second-order valence-corrected chi connectivity index (χ2v) is 20.7. The van der Waals surface area contributed by atoms with Gasteiger partial charge in [0, 0.05) is 38.3 Å². The van der Waals surface area contributed by atoms with E-state index in [1.807, 2.05) is 0 Å². The van der Waals surface area contributed by atoms with Crippen molar-refractivity contribution in [2.24, 2.45) is 23.7 Å². The lowest BCUT2D eigenvalue weighted by molar-refractivity contribution is -0.0399. The predicted molar refractivity (Wildman–Crippen MR) is 267 cm³/mol. The Bertz CT molecular complexity index is 3680. The molecule has 0 atom stereocenters. The summed E-state index contributed by atoms with van der Waals surface area (Å²) in [5, 5.41) is 4.66. The first-order valence-electron chi connectivity index (χ1n) is 24.1. The molecule has 4 heteroatoms. The van der Waals surface area contributed by atoms with E-state index in [-0.39, 0.29) is 10.8 Å². The smallest absolute Gasteiger partial charge is 0.164 e. The van der Waals surface area contributed by atoms with Crippen LogP contribution in [0.2, 0.25) is 0 Å². The third-order valence-corrected chi connectivity index (χ3v) is 17.1. The number of nitrogens with zero attached hydrogens (tertiary/aromatic N) is 3. The van der Waals surface area contributed by atoms with Crippen molar-refractivity contribution < 1.29 is 4.42 Å². The highest BCUT2D eigenvalue weighted by molar-refractivity contribution is 6.23. The van der Waals surface area contributed by atoms with Crippen LogP contribution in [-0.4, -0.2) is 15.0 Å². The summed E-state index contributed by atoms with van der Waals surface area (Å²) in [4.78, 5) is 16.5. The number of hydrogen-bond acceptors (Lipinski definition) is 4. The molecule has 0 saturated heterocycles. The Labute approximate surface area is 384 Å². The van der Waals surface area contributed by atoms with Crippen molar-refractivity contribution in [3.8, 4) is 67.5 Å². The van der Waals surface area contributed by atoms with Crippen molar-refractivity contribution in [3.63, 3.8) is 0 Å². The molecule has 0 aliphatic heterocycles. The first kappa shape index (κ1) is 37.1. The lowest BCUT2D eigenvalue weighted by Crippen LogP contribution is -2.55. The van der Waals surface area contributed by atoms with Crippen molar-refractivity contribution in [2.45, 2.75) is 56.8 Å². The van der Waals surface area contributed by atoms with Crippen molar-refractivity contribution in [3.05, 3.63) is 186 Å². The number of aromatic nitrogens is 3. The van der Waals surface area contributed by atoms with E-state index in [1.54, 1.807) is 0 Å². The third-order valence-electron chi connectivity index (χ3n) is 17.1. The second-order valence-electron chi connectivity index (χ2n) is 20.7.